The summed E-state index contributed by atoms with van der Waals surface area (Å²) >= 11 is 3.46. The summed E-state index contributed by atoms with van der Waals surface area (Å²) in [6, 6.07) is 7.56. The van der Waals surface area contributed by atoms with Crippen LogP contribution in [0.15, 0.2) is 33.2 Å². The van der Waals surface area contributed by atoms with Crippen LogP contribution >= 0.6 is 15.9 Å². The van der Waals surface area contributed by atoms with Gasteiger partial charge in [-0.15, -0.1) is 0 Å². The van der Waals surface area contributed by atoms with Crippen molar-refractivity contribution in [2.45, 2.75) is 32.6 Å². The Balaban J connectivity index is 1.37. The van der Waals surface area contributed by atoms with Gasteiger partial charge in [-0.1, -0.05) is 19.1 Å². The zero-order valence-corrected chi connectivity index (χ0v) is 17.2. The molecule has 1 aromatic carbocycles. The Labute approximate surface area is 167 Å². The molecule has 6 heteroatoms. The first-order valence-corrected chi connectivity index (χ1v) is 10.6. The van der Waals surface area contributed by atoms with Crippen LogP contribution in [0, 0.1) is 11.8 Å². The van der Waals surface area contributed by atoms with Crippen molar-refractivity contribution in [3.63, 3.8) is 0 Å². The summed E-state index contributed by atoms with van der Waals surface area (Å²) in [5.74, 6) is 1.33. The van der Waals surface area contributed by atoms with E-state index < -0.39 is 0 Å². The number of piperidine rings is 2. The molecule has 144 valence electrons. The number of furan rings is 1. The Hall–Kier alpha value is -1.82. The third-order valence-corrected chi connectivity index (χ3v) is 6.56. The third-order valence-electron chi connectivity index (χ3n) is 5.93. The minimum absolute atomic E-state index is 0.0484. The molecule has 2 aliphatic rings. The molecule has 0 atom stereocenters. The molecule has 2 saturated heterocycles. The predicted octanol–water partition coefficient (Wildman–Crippen LogP) is 4.31. The molecule has 0 bridgehead atoms. The number of carbonyl (C=O) groups is 2. The van der Waals surface area contributed by atoms with Crippen molar-refractivity contribution in [1.29, 1.82) is 0 Å². The molecule has 5 nitrogen and oxygen atoms in total. The largest absolute Gasteiger partial charge is 0.450 e. The molecular formula is C21H25BrN2O3. The standard InChI is InChI=1S/C21H25BrN2O3/c1-14-5-9-23(10-6-14)20(25)15-7-11-24(12-8-15)21(26)18-13-16-3-2-4-17(22)19(16)27-18/h2-4,13-15H,5-12H2,1H3. The van der Waals surface area contributed by atoms with E-state index in [9.17, 15) is 9.59 Å². The van der Waals surface area contributed by atoms with Crippen LogP contribution in [0.1, 0.15) is 43.2 Å². The number of carbonyl (C=O) groups excluding carboxylic acids is 2. The SMILES string of the molecule is CC1CCN(C(=O)C2CCN(C(=O)c3cc4cccc(Br)c4o3)CC2)CC1. The fourth-order valence-corrected chi connectivity index (χ4v) is 4.57. The zero-order chi connectivity index (χ0) is 19.0. The Morgan fingerprint density at radius 2 is 1.70 bits per heavy atom. The maximum Gasteiger partial charge on any atom is 0.289 e. The molecule has 2 fully saturated rings. The molecule has 2 aliphatic heterocycles. The average Bonchev–Trinajstić information content (AvgIpc) is 3.13. The molecule has 3 heterocycles. The summed E-state index contributed by atoms with van der Waals surface area (Å²) in [4.78, 5) is 29.4. The van der Waals surface area contributed by atoms with Gasteiger partial charge in [-0.2, -0.15) is 0 Å². The fraction of sp³-hybridized carbons (Fsp3) is 0.524. The van der Waals surface area contributed by atoms with Gasteiger partial charge in [-0.3, -0.25) is 9.59 Å². The number of halogens is 1. The Morgan fingerprint density at radius 1 is 1.04 bits per heavy atom. The lowest BCUT2D eigenvalue weighted by Gasteiger charge is -2.36. The summed E-state index contributed by atoms with van der Waals surface area (Å²) in [5.41, 5.74) is 0.699. The second-order valence-electron chi connectivity index (χ2n) is 7.84. The number of amides is 2. The predicted molar refractivity (Wildman–Crippen MR) is 108 cm³/mol. The highest BCUT2D eigenvalue weighted by molar-refractivity contribution is 9.10. The van der Waals surface area contributed by atoms with Gasteiger partial charge in [-0.25, -0.2) is 0 Å². The Bertz CT molecular complexity index is 846. The molecule has 2 amide bonds. The average molecular weight is 433 g/mol. The van der Waals surface area contributed by atoms with E-state index in [1.807, 2.05) is 28.0 Å². The van der Waals surface area contributed by atoms with Crippen LogP contribution in [0.25, 0.3) is 11.0 Å². The van der Waals surface area contributed by atoms with Crippen LogP contribution in [0.5, 0.6) is 0 Å². The van der Waals surface area contributed by atoms with Crippen LogP contribution in [0.3, 0.4) is 0 Å². The monoisotopic (exact) mass is 432 g/mol. The summed E-state index contributed by atoms with van der Waals surface area (Å²) in [5, 5.41) is 0.914. The van der Waals surface area contributed by atoms with Crippen molar-refractivity contribution in [2.24, 2.45) is 11.8 Å². The highest BCUT2D eigenvalue weighted by Gasteiger charge is 2.32. The first kappa shape index (κ1) is 18.5. The number of rotatable bonds is 2. The fourth-order valence-electron chi connectivity index (χ4n) is 4.11. The van der Waals surface area contributed by atoms with Gasteiger partial charge in [0.1, 0.15) is 5.58 Å². The van der Waals surface area contributed by atoms with Crippen LogP contribution in [0.2, 0.25) is 0 Å². The maximum absolute atomic E-state index is 12.8. The molecule has 1 aromatic heterocycles. The molecule has 0 aliphatic carbocycles. The normalized spacial score (nSPS) is 19.6. The summed E-state index contributed by atoms with van der Waals surface area (Å²) in [6.07, 6.45) is 3.68. The van der Waals surface area contributed by atoms with Gasteiger partial charge in [0, 0.05) is 37.5 Å². The Kier molecular flexibility index (Phi) is 5.26. The lowest BCUT2D eigenvalue weighted by atomic mass is 9.92. The Morgan fingerprint density at radius 3 is 2.37 bits per heavy atom. The van der Waals surface area contributed by atoms with Crippen LogP contribution in [-0.4, -0.2) is 47.8 Å². The van der Waals surface area contributed by atoms with Gasteiger partial charge < -0.3 is 14.2 Å². The third kappa shape index (κ3) is 3.77. The second kappa shape index (κ2) is 7.66. The van der Waals surface area contributed by atoms with E-state index >= 15 is 0 Å². The van der Waals surface area contributed by atoms with E-state index in [-0.39, 0.29) is 17.7 Å². The van der Waals surface area contributed by atoms with E-state index in [0.717, 1.165) is 54.5 Å². The number of nitrogens with zero attached hydrogens (tertiary/aromatic N) is 2. The summed E-state index contributed by atoms with van der Waals surface area (Å²) in [7, 11) is 0. The van der Waals surface area contributed by atoms with Crippen molar-refractivity contribution in [1.82, 2.24) is 9.80 Å². The summed E-state index contributed by atoms with van der Waals surface area (Å²) in [6.45, 7) is 5.23. The van der Waals surface area contributed by atoms with Crippen molar-refractivity contribution in [3.8, 4) is 0 Å². The van der Waals surface area contributed by atoms with Crippen LogP contribution in [0.4, 0.5) is 0 Å². The summed E-state index contributed by atoms with van der Waals surface area (Å²) < 4.78 is 6.63. The van der Waals surface area contributed by atoms with Crippen molar-refractivity contribution >= 4 is 38.7 Å². The van der Waals surface area contributed by atoms with Gasteiger partial charge in [0.2, 0.25) is 5.91 Å². The lowest BCUT2D eigenvalue weighted by molar-refractivity contribution is -0.138. The second-order valence-corrected chi connectivity index (χ2v) is 8.70. The van der Waals surface area contributed by atoms with E-state index in [1.165, 1.54) is 0 Å². The van der Waals surface area contributed by atoms with Gasteiger partial charge in [0.25, 0.3) is 5.91 Å². The molecule has 0 spiro atoms. The molecule has 0 radical (unpaired) electrons. The van der Waals surface area contributed by atoms with Gasteiger partial charge in [0.05, 0.1) is 4.47 Å². The van der Waals surface area contributed by atoms with E-state index in [1.54, 1.807) is 6.07 Å². The molecule has 0 unspecified atom stereocenters. The van der Waals surface area contributed by atoms with Crippen molar-refractivity contribution < 1.29 is 14.0 Å². The van der Waals surface area contributed by atoms with Crippen LogP contribution in [-0.2, 0) is 4.79 Å². The molecule has 4 rings (SSSR count). The number of likely N-dealkylation sites (tertiary alicyclic amines) is 2. The number of fused-ring (bicyclic) bond motifs is 1. The number of hydrogen-bond donors (Lipinski definition) is 0. The quantitative estimate of drug-likeness (QED) is 0.710. The number of para-hydroxylation sites is 1. The lowest BCUT2D eigenvalue weighted by Crippen LogP contribution is -2.46. The van der Waals surface area contributed by atoms with E-state index in [0.29, 0.717) is 24.4 Å². The van der Waals surface area contributed by atoms with Crippen molar-refractivity contribution in [3.05, 3.63) is 34.5 Å². The number of hydrogen-bond acceptors (Lipinski definition) is 3. The van der Waals surface area contributed by atoms with Crippen molar-refractivity contribution in [2.75, 3.05) is 26.2 Å². The molecule has 0 N–H and O–H groups in total. The number of benzene rings is 1. The van der Waals surface area contributed by atoms with Crippen LogP contribution < -0.4 is 0 Å². The highest BCUT2D eigenvalue weighted by atomic mass is 79.9. The van der Waals surface area contributed by atoms with Gasteiger partial charge >= 0.3 is 0 Å². The van der Waals surface area contributed by atoms with Gasteiger partial charge in [-0.05, 0) is 59.7 Å². The highest BCUT2D eigenvalue weighted by Crippen LogP contribution is 2.29. The smallest absolute Gasteiger partial charge is 0.289 e. The molecule has 0 saturated carbocycles. The van der Waals surface area contributed by atoms with E-state index in [4.69, 9.17) is 4.42 Å². The molecular weight excluding hydrogens is 408 g/mol. The minimum atomic E-state index is -0.0872. The first-order chi connectivity index (χ1) is 13.0. The molecule has 27 heavy (non-hydrogen) atoms. The zero-order valence-electron chi connectivity index (χ0n) is 15.6. The first-order valence-electron chi connectivity index (χ1n) is 9.79. The molecule has 2 aromatic rings. The maximum atomic E-state index is 12.8. The topological polar surface area (TPSA) is 53.8 Å². The minimum Gasteiger partial charge on any atom is -0.450 e. The van der Waals surface area contributed by atoms with E-state index in [2.05, 4.69) is 22.9 Å². The van der Waals surface area contributed by atoms with Gasteiger partial charge in [0.15, 0.2) is 5.76 Å².